The molecule has 0 unspecified atom stereocenters. The first-order chi connectivity index (χ1) is 17.0. The number of aromatic nitrogens is 1. The van der Waals surface area contributed by atoms with Crippen molar-refractivity contribution in [3.05, 3.63) is 84.2 Å². The number of pyridine rings is 1. The summed E-state index contributed by atoms with van der Waals surface area (Å²) < 4.78 is 0. The maximum Gasteiger partial charge on any atom is 0.267 e. The van der Waals surface area contributed by atoms with Gasteiger partial charge in [0.1, 0.15) is 6.04 Å². The zero-order valence-electron chi connectivity index (χ0n) is 19.0. The minimum atomic E-state index is -1.04. The van der Waals surface area contributed by atoms with Crippen molar-refractivity contribution in [3.63, 3.8) is 0 Å². The molecule has 0 aliphatic rings. The normalized spacial score (nSPS) is 11.4. The van der Waals surface area contributed by atoms with E-state index in [1.165, 1.54) is 5.48 Å². The average molecular weight is 477 g/mol. The fraction of sp³-hybridized carbons (Fsp3) is 0.200. The minimum absolute atomic E-state index is 0.134. The van der Waals surface area contributed by atoms with Crippen LogP contribution in [-0.4, -0.2) is 53.6 Å². The van der Waals surface area contributed by atoms with Crippen molar-refractivity contribution < 1.29 is 19.6 Å². The van der Waals surface area contributed by atoms with Gasteiger partial charge in [-0.05, 0) is 60.0 Å². The largest absolute Gasteiger partial charge is 0.339 e. The lowest BCUT2D eigenvalue weighted by molar-refractivity contribution is -0.130. The molecule has 1 aromatic heterocycles. The van der Waals surface area contributed by atoms with Crippen LogP contribution in [0.25, 0.3) is 11.1 Å². The number of benzene rings is 2. The predicted molar refractivity (Wildman–Crippen MR) is 132 cm³/mol. The maximum absolute atomic E-state index is 12.3. The van der Waals surface area contributed by atoms with Gasteiger partial charge < -0.3 is 21.7 Å². The Hall–Kier alpha value is -4.12. The molecule has 7 N–H and O–H groups in total. The Morgan fingerprint density at radius 2 is 1.66 bits per heavy atom. The number of nitrogens with one attached hydrogen (secondary N) is 4. The van der Waals surface area contributed by atoms with Crippen molar-refractivity contribution >= 4 is 23.4 Å². The molecule has 0 saturated heterocycles. The highest BCUT2D eigenvalue weighted by Crippen LogP contribution is 2.22. The van der Waals surface area contributed by atoms with Gasteiger partial charge in [-0.3, -0.25) is 24.6 Å². The molecule has 1 atom stereocenters. The van der Waals surface area contributed by atoms with Gasteiger partial charge in [-0.2, -0.15) is 0 Å². The first-order valence-corrected chi connectivity index (χ1v) is 11.0. The van der Waals surface area contributed by atoms with Gasteiger partial charge in [-0.25, -0.2) is 5.48 Å². The second kappa shape index (κ2) is 12.9. The first kappa shape index (κ1) is 25.5. The van der Waals surface area contributed by atoms with E-state index < -0.39 is 17.9 Å². The second-order valence-electron chi connectivity index (χ2n) is 7.73. The number of hydroxylamine groups is 1. The third-order valence-corrected chi connectivity index (χ3v) is 5.22. The third-order valence-electron chi connectivity index (χ3n) is 5.22. The summed E-state index contributed by atoms with van der Waals surface area (Å²) in [7, 11) is 0. The Bertz CT molecular complexity index is 1120. The number of amides is 3. The Kier molecular flexibility index (Phi) is 9.43. The molecular weight excluding hydrogens is 448 g/mol. The third kappa shape index (κ3) is 7.71. The molecule has 0 bridgehead atoms. The molecule has 2 aromatic carbocycles. The molecule has 3 amide bonds. The molecule has 3 aromatic rings. The molecule has 35 heavy (non-hydrogen) atoms. The molecule has 0 spiro atoms. The van der Waals surface area contributed by atoms with Crippen LogP contribution in [0.15, 0.2) is 73.1 Å². The van der Waals surface area contributed by atoms with Gasteiger partial charge in [-0.15, -0.1) is 0 Å². The lowest BCUT2D eigenvalue weighted by Gasteiger charge is -2.14. The van der Waals surface area contributed by atoms with Crippen LogP contribution in [0.3, 0.4) is 0 Å². The number of hydrogen-bond acceptors (Lipinski definition) is 7. The Balaban J connectivity index is 1.48. The fourth-order valence-corrected chi connectivity index (χ4v) is 3.30. The quantitative estimate of drug-likeness (QED) is 0.137. The molecule has 3 rings (SSSR count). The van der Waals surface area contributed by atoms with E-state index in [1.807, 2.05) is 42.6 Å². The van der Waals surface area contributed by atoms with Gasteiger partial charge in [0.25, 0.3) is 11.8 Å². The van der Waals surface area contributed by atoms with Crippen LogP contribution >= 0.6 is 0 Å². The number of nitrogens with two attached hydrogens (primary N) is 1. The topological polar surface area (TPSA) is 158 Å². The highest BCUT2D eigenvalue weighted by molar-refractivity contribution is 5.98. The van der Waals surface area contributed by atoms with Crippen molar-refractivity contribution in [1.82, 2.24) is 21.1 Å². The number of anilines is 1. The standard InChI is InChI=1S/C25H28N6O4/c26-14-22(25(34)31-35)30-24(33)20-5-3-18(4-6-20)19-7-9-21(10-8-19)29-23(32)16-28-13-11-17-2-1-12-27-15-17/h1-10,12,15,22,28,35H,11,13-14,16,26H2,(H,29,32)(H,30,33)(H,31,34)/t22-/m0/s1. The van der Waals surface area contributed by atoms with Crippen LogP contribution in [0.2, 0.25) is 0 Å². The van der Waals surface area contributed by atoms with E-state index in [4.69, 9.17) is 10.9 Å². The highest BCUT2D eigenvalue weighted by atomic mass is 16.5. The van der Waals surface area contributed by atoms with Crippen LogP contribution in [0, 0.1) is 0 Å². The van der Waals surface area contributed by atoms with E-state index >= 15 is 0 Å². The summed E-state index contributed by atoms with van der Waals surface area (Å²) in [6.07, 6.45) is 4.33. The van der Waals surface area contributed by atoms with Crippen LogP contribution in [0.4, 0.5) is 5.69 Å². The Labute approximate surface area is 202 Å². The molecule has 0 aliphatic heterocycles. The van der Waals surface area contributed by atoms with Crippen LogP contribution in [-0.2, 0) is 16.0 Å². The van der Waals surface area contributed by atoms with Gasteiger partial charge in [-0.1, -0.05) is 30.3 Å². The lowest BCUT2D eigenvalue weighted by atomic mass is 10.0. The molecule has 0 aliphatic carbocycles. The van der Waals surface area contributed by atoms with Crippen LogP contribution in [0.1, 0.15) is 15.9 Å². The number of nitrogens with zero attached hydrogens (tertiary/aromatic N) is 1. The summed E-state index contributed by atoms with van der Waals surface area (Å²) in [6.45, 7) is 0.727. The molecule has 0 fully saturated rings. The van der Waals surface area contributed by atoms with Crippen molar-refractivity contribution in [3.8, 4) is 11.1 Å². The van der Waals surface area contributed by atoms with E-state index in [9.17, 15) is 14.4 Å². The smallest absolute Gasteiger partial charge is 0.267 e. The van der Waals surface area contributed by atoms with E-state index in [0.29, 0.717) is 17.8 Å². The van der Waals surface area contributed by atoms with E-state index in [2.05, 4.69) is 20.9 Å². The Morgan fingerprint density at radius 1 is 0.971 bits per heavy atom. The summed E-state index contributed by atoms with van der Waals surface area (Å²) in [5.41, 5.74) is 10.8. The van der Waals surface area contributed by atoms with Crippen LogP contribution < -0.4 is 27.2 Å². The molecule has 1 heterocycles. The lowest BCUT2D eigenvalue weighted by Crippen LogP contribution is -2.50. The summed E-state index contributed by atoms with van der Waals surface area (Å²) in [4.78, 5) is 40.0. The van der Waals surface area contributed by atoms with Crippen molar-refractivity contribution in [2.24, 2.45) is 5.73 Å². The summed E-state index contributed by atoms with van der Waals surface area (Å²) >= 11 is 0. The van der Waals surface area contributed by atoms with Gasteiger partial charge in [0.15, 0.2) is 0 Å². The number of carbonyl (C=O) groups is 3. The van der Waals surface area contributed by atoms with Gasteiger partial charge in [0.05, 0.1) is 6.54 Å². The van der Waals surface area contributed by atoms with Gasteiger partial charge >= 0.3 is 0 Å². The summed E-state index contributed by atoms with van der Waals surface area (Å²) in [5.74, 6) is -1.40. The second-order valence-corrected chi connectivity index (χ2v) is 7.73. The molecule has 182 valence electrons. The van der Waals surface area contributed by atoms with Crippen LogP contribution in [0.5, 0.6) is 0 Å². The number of rotatable bonds is 11. The SMILES string of the molecule is NC[C@H](NC(=O)c1ccc(-c2ccc(NC(=O)CNCCc3cccnc3)cc2)cc1)C(=O)NO. The average Bonchev–Trinajstić information content (AvgIpc) is 2.90. The minimum Gasteiger partial charge on any atom is -0.339 e. The van der Waals surface area contributed by atoms with E-state index in [0.717, 1.165) is 23.1 Å². The predicted octanol–water partition coefficient (Wildman–Crippen LogP) is 1.08. The van der Waals surface area contributed by atoms with E-state index in [1.54, 1.807) is 30.5 Å². The number of hydrogen-bond donors (Lipinski definition) is 6. The van der Waals surface area contributed by atoms with E-state index in [-0.39, 0.29) is 19.0 Å². The van der Waals surface area contributed by atoms with Crippen molar-refractivity contribution in [2.45, 2.75) is 12.5 Å². The fourth-order valence-electron chi connectivity index (χ4n) is 3.30. The monoisotopic (exact) mass is 476 g/mol. The van der Waals surface area contributed by atoms with Crippen molar-refractivity contribution in [2.75, 3.05) is 25.0 Å². The zero-order valence-corrected chi connectivity index (χ0v) is 19.0. The zero-order chi connectivity index (χ0) is 25.0. The molecular formula is C25H28N6O4. The number of carbonyl (C=O) groups excluding carboxylic acids is 3. The summed E-state index contributed by atoms with van der Waals surface area (Å²) in [5, 5.41) is 17.1. The first-order valence-electron chi connectivity index (χ1n) is 11.0. The summed E-state index contributed by atoms with van der Waals surface area (Å²) in [6, 6.07) is 17.0. The Morgan fingerprint density at radius 3 is 2.26 bits per heavy atom. The molecule has 10 heteroatoms. The molecule has 10 nitrogen and oxygen atoms in total. The highest BCUT2D eigenvalue weighted by Gasteiger charge is 2.19. The van der Waals surface area contributed by atoms with Gasteiger partial charge in [0, 0.05) is 30.2 Å². The van der Waals surface area contributed by atoms with Gasteiger partial charge in [0.2, 0.25) is 5.91 Å². The maximum atomic E-state index is 12.3. The molecule has 0 radical (unpaired) electrons. The molecule has 0 saturated carbocycles. The van der Waals surface area contributed by atoms with Crippen molar-refractivity contribution in [1.29, 1.82) is 0 Å².